The van der Waals surface area contributed by atoms with E-state index in [4.69, 9.17) is 0 Å². The molecule has 1 aromatic rings. The Hall–Kier alpha value is 0.490. The third-order valence-corrected chi connectivity index (χ3v) is 4.59. The van der Waals surface area contributed by atoms with Crippen LogP contribution in [-0.2, 0) is 6.54 Å². The number of nitrogens with one attached hydrogen (secondary N) is 1. The van der Waals surface area contributed by atoms with Crippen LogP contribution < -0.4 is 5.32 Å². The highest BCUT2D eigenvalue weighted by Crippen LogP contribution is 2.22. The fraction of sp³-hybridized carbons (Fsp3) is 0.636. The zero-order valence-corrected chi connectivity index (χ0v) is 12.7. The van der Waals surface area contributed by atoms with Crippen molar-refractivity contribution in [3.05, 3.63) is 20.8 Å². The summed E-state index contributed by atoms with van der Waals surface area (Å²) in [7, 11) is 0. The first-order valence-corrected chi connectivity index (χ1v) is 7.71. The van der Waals surface area contributed by atoms with Crippen molar-refractivity contribution in [1.29, 1.82) is 0 Å². The maximum absolute atomic E-state index is 3.47. The lowest BCUT2D eigenvalue weighted by molar-refractivity contribution is 0.727. The van der Waals surface area contributed by atoms with Gasteiger partial charge >= 0.3 is 0 Å². The monoisotopic (exact) mass is 307 g/mol. The van der Waals surface area contributed by atoms with E-state index in [0.717, 1.165) is 13.1 Å². The maximum Gasteiger partial charge on any atom is 0.0701 e. The van der Waals surface area contributed by atoms with Gasteiger partial charge in [-0.25, -0.2) is 0 Å². The van der Waals surface area contributed by atoms with E-state index in [-0.39, 0.29) is 0 Å². The molecule has 0 radical (unpaired) electrons. The van der Waals surface area contributed by atoms with Crippen LogP contribution in [0, 0.1) is 0 Å². The number of thiophene rings is 1. The Bertz CT molecular complexity index is 291. The molecule has 0 saturated heterocycles. The minimum absolute atomic E-state index is 0.382. The lowest BCUT2D eigenvalue weighted by atomic mass is 10.3. The van der Waals surface area contributed by atoms with Gasteiger partial charge in [0.25, 0.3) is 0 Å². The Morgan fingerprint density at radius 1 is 1.47 bits per heavy atom. The van der Waals surface area contributed by atoms with E-state index in [2.05, 4.69) is 53.5 Å². The highest BCUT2D eigenvalue weighted by molar-refractivity contribution is 9.11. The van der Waals surface area contributed by atoms with Crippen LogP contribution in [0.15, 0.2) is 15.2 Å². The van der Waals surface area contributed by atoms with Crippen LogP contribution in [0.2, 0.25) is 0 Å². The third kappa shape index (κ3) is 6.61. The van der Waals surface area contributed by atoms with Crippen LogP contribution in [0.1, 0.15) is 26.3 Å². The van der Waals surface area contributed by atoms with Crippen molar-refractivity contribution in [3.63, 3.8) is 0 Å². The predicted octanol–water partition coefficient (Wildman–Crippen LogP) is 4.13. The van der Waals surface area contributed by atoms with E-state index in [1.165, 1.54) is 15.1 Å². The minimum Gasteiger partial charge on any atom is -0.312 e. The molecule has 0 fully saturated rings. The molecule has 0 aliphatic rings. The second kappa shape index (κ2) is 6.28. The van der Waals surface area contributed by atoms with Gasteiger partial charge in [-0.1, -0.05) is 20.8 Å². The molecule has 1 heterocycles. The van der Waals surface area contributed by atoms with Gasteiger partial charge in [-0.15, -0.1) is 11.3 Å². The molecule has 15 heavy (non-hydrogen) atoms. The third-order valence-electron chi connectivity index (χ3n) is 1.76. The SMILES string of the molecule is CC(C)(C)SCCNCc1csc(Br)c1. The summed E-state index contributed by atoms with van der Waals surface area (Å²) in [5.74, 6) is 1.18. The van der Waals surface area contributed by atoms with E-state index in [0.29, 0.717) is 4.75 Å². The topological polar surface area (TPSA) is 12.0 Å². The number of hydrogen-bond donors (Lipinski definition) is 1. The summed E-state index contributed by atoms with van der Waals surface area (Å²) in [5.41, 5.74) is 1.37. The van der Waals surface area contributed by atoms with Gasteiger partial charge in [-0.3, -0.25) is 0 Å². The first-order valence-electron chi connectivity index (χ1n) is 5.05. The second-order valence-electron chi connectivity index (χ2n) is 4.40. The van der Waals surface area contributed by atoms with Crippen LogP contribution >= 0.6 is 39.0 Å². The van der Waals surface area contributed by atoms with Gasteiger partial charge in [0.05, 0.1) is 3.79 Å². The lowest BCUT2D eigenvalue weighted by Gasteiger charge is -2.17. The molecule has 0 aliphatic carbocycles. The van der Waals surface area contributed by atoms with Gasteiger partial charge in [0.15, 0.2) is 0 Å². The average molecular weight is 308 g/mol. The van der Waals surface area contributed by atoms with Crippen molar-refractivity contribution in [1.82, 2.24) is 5.32 Å². The molecule has 0 aromatic carbocycles. The zero-order chi connectivity index (χ0) is 11.3. The summed E-state index contributed by atoms with van der Waals surface area (Å²) >= 11 is 7.22. The van der Waals surface area contributed by atoms with Crippen molar-refractivity contribution in [2.75, 3.05) is 12.3 Å². The highest BCUT2D eigenvalue weighted by atomic mass is 79.9. The Kier molecular flexibility index (Phi) is 5.68. The number of rotatable bonds is 5. The number of hydrogen-bond acceptors (Lipinski definition) is 3. The number of thioether (sulfide) groups is 1. The largest absolute Gasteiger partial charge is 0.312 e. The van der Waals surface area contributed by atoms with E-state index in [1.807, 2.05) is 11.8 Å². The standard InChI is InChI=1S/C11H18BrNS2/c1-11(2,3)15-5-4-13-7-9-6-10(12)14-8-9/h6,8,13H,4-5,7H2,1-3H3. The lowest BCUT2D eigenvalue weighted by Crippen LogP contribution is -2.19. The normalized spacial score (nSPS) is 12.0. The molecule has 1 N–H and O–H groups in total. The van der Waals surface area contributed by atoms with Gasteiger partial charge in [-0.2, -0.15) is 11.8 Å². The van der Waals surface area contributed by atoms with E-state index < -0.39 is 0 Å². The first kappa shape index (κ1) is 13.6. The van der Waals surface area contributed by atoms with Gasteiger partial charge < -0.3 is 5.32 Å². The van der Waals surface area contributed by atoms with Crippen LogP contribution in [0.4, 0.5) is 0 Å². The van der Waals surface area contributed by atoms with Crippen LogP contribution in [-0.4, -0.2) is 17.0 Å². The Morgan fingerprint density at radius 3 is 2.73 bits per heavy atom. The van der Waals surface area contributed by atoms with Crippen molar-refractivity contribution in [3.8, 4) is 0 Å². The molecule has 86 valence electrons. The molecule has 1 nitrogen and oxygen atoms in total. The van der Waals surface area contributed by atoms with Gasteiger partial charge in [-0.05, 0) is 32.9 Å². The Labute approximate surface area is 109 Å². The minimum atomic E-state index is 0.382. The quantitative estimate of drug-likeness (QED) is 0.821. The van der Waals surface area contributed by atoms with Crippen molar-refractivity contribution in [2.45, 2.75) is 32.1 Å². The summed E-state index contributed by atoms with van der Waals surface area (Å²) in [6, 6.07) is 2.18. The fourth-order valence-corrected chi connectivity index (χ4v) is 3.17. The summed E-state index contributed by atoms with van der Waals surface area (Å²) < 4.78 is 1.59. The smallest absolute Gasteiger partial charge is 0.0701 e. The van der Waals surface area contributed by atoms with Crippen LogP contribution in [0.5, 0.6) is 0 Å². The summed E-state index contributed by atoms with van der Waals surface area (Å²) in [6.07, 6.45) is 0. The molecule has 0 spiro atoms. The average Bonchev–Trinajstić information content (AvgIpc) is 2.49. The molecule has 4 heteroatoms. The molecular weight excluding hydrogens is 290 g/mol. The van der Waals surface area contributed by atoms with Gasteiger partial charge in [0.2, 0.25) is 0 Å². The van der Waals surface area contributed by atoms with Crippen molar-refractivity contribution in [2.24, 2.45) is 0 Å². The molecular formula is C11H18BrNS2. The maximum atomic E-state index is 3.47. The molecule has 0 saturated carbocycles. The molecule has 0 aliphatic heterocycles. The second-order valence-corrected chi connectivity index (χ2v) is 8.61. The van der Waals surface area contributed by atoms with Crippen molar-refractivity contribution < 1.29 is 0 Å². The van der Waals surface area contributed by atoms with E-state index in [9.17, 15) is 0 Å². The molecule has 0 atom stereocenters. The van der Waals surface area contributed by atoms with Crippen molar-refractivity contribution >= 4 is 39.0 Å². The molecule has 0 bridgehead atoms. The Balaban J connectivity index is 2.07. The first-order chi connectivity index (χ1) is 6.97. The summed E-state index contributed by atoms with van der Waals surface area (Å²) in [6.45, 7) is 8.83. The van der Waals surface area contributed by atoms with Gasteiger partial charge in [0, 0.05) is 23.6 Å². The Morgan fingerprint density at radius 2 is 2.20 bits per heavy atom. The highest BCUT2D eigenvalue weighted by Gasteiger charge is 2.09. The fourth-order valence-electron chi connectivity index (χ4n) is 1.10. The molecule has 0 amide bonds. The summed E-state index contributed by atoms with van der Waals surface area (Å²) in [4.78, 5) is 0. The van der Waals surface area contributed by atoms with E-state index in [1.54, 1.807) is 11.3 Å². The van der Waals surface area contributed by atoms with Crippen LogP contribution in [0.3, 0.4) is 0 Å². The van der Waals surface area contributed by atoms with E-state index >= 15 is 0 Å². The predicted molar refractivity (Wildman–Crippen MR) is 75.9 cm³/mol. The van der Waals surface area contributed by atoms with Gasteiger partial charge in [0.1, 0.15) is 0 Å². The molecule has 1 rings (SSSR count). The molecule has 1 aromatic heterocycles. The summed E-state index contributed by atoms with van der Waals surface area (Å²) in [5, 5.41) is 5.64. The van der Waals surface area contributed by atoms with Crippen LogP contribution in [0.25, 0.3) is 0 Å². The molecule has 0 unspecified atom stereocenters. The number of halogens is 1. The zero-order valence-electron chi connectivity index (χ0n) is 9.47.